The average molecular weight is 256 g/mol. The lowest BCUT2D eigenvalue weighted by Gasteiger charge is -2.09. The van der Waals surface area contributed by atoms with Crippen molar-refractivity contribution in [2.45, 2.75) is 6.42 Å². The van der Waals surface area contributed by atoms with Gasteiger partial charge in [0.05, 0.1) is 6.61 Å². The highest BCUT2D eigenvalue weighted by atomic mass is 19.2. The molecule has 1 fully saturated rings. The molecule has 1 aliphatic heterocycles. The minimum atomic E-state index is -1.05. The summed E-state index contributed by atoms with van der Waals surface area (Å²) in [5, 5.41) is 3.17. The van der Waals surface area contributed by atoms with E-state index in [2.05, 4.69) is 10.8 Å². The van der Waals surface area contributed by atoms with Crippen LogP contribution in [0.3, 0.4) is 0 Å². The predicted molar refractivity (Wildman–Crippen MR) is 60.8 cm³/mol. The summed E-state index contributed by atoms with van der Waals surface area (Å²) >= 11 is 0. The fourth-order valence-electron chi connectivity index (χ4n) is 1.78. The van der Waals surface area contributed by atoms with Gasteiger partial charge in [-0.1, -0.05) is 0 Å². The largest absolute Gasteiger partial charge is 0.316 e. The van der Waals surface area contributed by atoms with Crippen molar-refractivity contribution >= 4 is 5.91 Å². The number of rotatable bonds is 4. The number of carbonyl (C=O) groups is 1. The number of nitrogens with one attached hydrogen (secondary N) is 2. The number of carbonyl (C=O) groups excluding carboxylic acids is 1. The molecule has 2 N–H and O–H groups in total. The van der Waals surface area contributed by atoms with Crippen molar-refractivity contribution in [3.8, 4) is 0 Å². The summed E-state index contributed by atoms with van der Waals surface area (Å²) < 4.78 is 25.6. The summed E-state index contributed by atoms with van der Waals surface area (Å²) in [6.45, 7) is 2.22. The highest BCUT2D eigenvalue weighted by molar-refractivity contribution is 5.93. The maximum absolute atomic E-state index is 12.9. The van der Waals surface area contributed by atoms with Crippen LogP contribution in [0.2, 0.25) is 0 Å². The zero-order valence-corrected chi connectivity index (χ0v) is 9.71. The van der Waals surface area contributed by atoms with E-state index < -0.39 is 17.5 Å². The van der Waals surface area contributed by atoms with Crippen LogP contribution in [0.25, 0.3) is 0 Å². The monoisotopic (exact) mass is 256 g/mol. The maximum atomic E-state index is 12.9. The van der Waals surface area contributed by atoms with E-state index in [1.54, 1.807) is 0 Å². The van der Waals surface area contributed by atoms with Crippen LogP contribution in [-0.4, -0.2) is 25.6 Å². The summed E-state index contributed by atoms with van der Waals surface area (Å²) in [5.41, 5.74) is 2.24. The summed E-state index contributed by atoms with van der Waals surface area (Å²) in [6, 6.07) is 2.95. The molecule has 0 saturated carbocycles. The molecule has 4 nitrogen and oxygen atoms in total. The third kappa shape index (κ3) is 3.24. The molecule has 0 bridgehead atoms. The standard InChI is InChI=1S/C12H14F2N2O2/c13-10-2-1-9(5-11(10)14)12(17)16-18-7-8-3-4-15-6-8/h1-2,5,8,15H,3-4,6-7H2,(H,16,17). The highest BCUT2D eigenvalue weighted by Crippen LogP contribution is 2.09. The first-order chi connectivity index (χ1) is 8.66. The zero-order chi connectivity index (χ0) is 13.0. The van der Waals surface area contributed by atoms with E-state index >= 15 is 0 Å². The lowest BCUT2D eigenvalue weighted by atomic mass is 10.1. The van der Waals surface area contributed by atoms with Crippen LogP contribution >= 0.6 is 0 Å². The van der Waals surface area contributed by atoms with Crippen LogP contribution in [0, 0.1) is 17.6 Å². The smallest absolute Gasteiger partial charge is 0.274 e. The van der Waals surface area contributed by atoms with Crippen LogP contribution < -0.4 is 10.8 Å². The number of hydrogen-bond acceptors (Lipinski definition) is 3. The third-order valence-electron chi connectivity index (χ3n) is 2.83. The molecule has 1 atom stereocenters. The fourth-order valence-corrected chi connectivity index (χ4v) is 1.78. The quantitative estimate of drug-likeness (QED) is 0.797. The maximum Gasteiger partial charge on any atom is 0.274 e. The van der Waals surface area contributed by atoms with Crippen molar-refractivity contribution in [1.29, 1.82) is 0 Å². The Kier molecular flexibility index (Phi) is 4.22. The third-order valence-corrected chi connectivity index (χ3v) is 2.83. The molecular formula is C12H14F2N2O2. The number of benzene rings is 1. The molecule has 98 valence electrons. The van der Waals surface area contributed by atoms with E-state index in [0.717, 1.165) is 31.6 Å². The zero-order valence-electron chi connectivity index (χ0n) is 9.71. The van der Waals surface area contributed by atoms with Gasteiger partial charge >= 0.3 is 0 Å². The van der Waals surface area contributed by atoms with Crippen LogP contribution in [0.1, 0.15) is 16.8 Å². The Bertz CT molecular complexity index is 434. The van der Waals surface area contributed by atoms with Crippen molar-refractivity contribution in [1.82, 2.24) is 10.8 Å². The summed E-state index contributed by atoms with van der Waals surface area (Å²) in [5.74, 6) is -2.25. The van der Waals surface area contributed by atoms with Gasteiger partial charge in [-0.15, -0.1) is 0 Å². The fraction of sp³-hybridized carbons (Fsp3) is 0.417. The average Bonchev–Trinajstić information content (AvgIpc) is 2.85. The van der Waals surface area contributed by atoms with E-state index in [1.807, 2.05) is 0 Å². The first-order valence-electron chi connectivity index (χ1n) is 5.74. The van der Waals surface area contributed by atoms with Gasteiger partial charge in [-0.05, 0) is 37.1 Å². The van der Waals surface area contributed by atoms with Gasteiger partial charge in [-0.2, -0.15) is 0 Å². The second-order valence-electron chi connectivity index (χ2n) is 4.23. The Morgan fingerprint density at radius 2 is 2.28 bits per heavy atom. The van der Waals surface area contributed by atoms with Gasteiger partial charge in [0.2, 0.25) is 0 Å². The van der Waals surface area contributed by atoms with Gasteiger partial charge in [0, 0.05) is 12.1 Å². The van der Waals surface area contributed by atoms with Crippen LogP contribution in [0.5, 0.6) is 0 Å². The van der Waals surface area contributed by atoms with Gasteiger partial charge in [0.15, 0.2) is 11.6 Å². The molecule has 0 aliphatic carbocycles. The van der Waals surface area contributed by atoms with Crippen molar-refractivity contribution in [2.24, 2.45) is 5.92 Å². The molecule has 0 radical (unpaired) electrons. The molecule has 1 unspecified atom stereocenters. The van der Waals surface area contributed by atoms with E-state index in [4.69, 9.17) is 4.84 Å². The minimum absolute atomic E-state index is 0.0263. The topological polar surface area (TPSA) is 50.4 Å². The van der Waals surface area contributed by atoms with E-state index in [1.165, 1.54) is 6.07 Å². The Morgan fingerprint density at radius 1 is 1.44 bits per heavy atom. The molecule has 6 heteroatoms. The Balaban J connectivity index is 1.81. The molecule has 1 aromatic carbocycles. The van der Waals surface area contributed by atoms with Crippen molar-refractivity contribution < 1.29 is 18.4 Å². The van der Waals surface area contributed by atoms with Gasteiger partial charge in [-0.3, -0.25) is 9.63 Å². The Hall–Kier alpha value is -1.53. The van der Waals surface area contributed by atoms with Crippen molar-refractivity contribution in [3.05, 3.63) is 35.4 Å². The lowest BCUT2D eigenvalue weighted by Crippen LogP contribution is -2.27. The molecule has 1 heterocycles. The number of hydroxylamine groups is 1. The highest BCUT2D eigenvalue weighted by Gasteiger charge is 2.15. The summed E-state index contributed by atoms with van der Waals surface area (Å²) in [7, 11) is 0. The van der Waals surface area contributed by atoms with E-state index in [0.29, 0.717) is 12.5 Å². The number of amides is 1. The molecule has 0 spiro atoms. The molecular weight excluding hydrogens is 242 g/mol. The van der Waals surface area contributed by atoms with E-state index in [-0.39, 0.29) is 5.56 Å². The molecule has 18 heavy (non-hydrogen) atoms. The number of hydrogen-bond donors (Lipinski definition) is 2. The van der Waals surface area contributed by atoms with Crippen LogP contribution in [-0.2, 0) is 4.84 Å². The summed E-state index contributed by atoms with van der Waals surface area (Å²) in [4.78, 5) is 16.6. The second-order valence-corrected chi connectivity index (χ2v) is 4.23. The Labute approximate surface area is 103 Å². The molecule has 2 rings (SSSR count). The molecule has 0 aromatic heterocycles. The molecule has 1 aliphatic rings. The van der Waals surface area contributed by atoms with Crippen LogP contribution in [0.15, 0.2) is 18.2 Å². The Morgan fingerprint density at radius 3 is 2.94 bits per heavy atom. The number of halogens is 2. The molecule has 1 saturated heterocycles. The van der Waals surface area contributed by atoms with Crippen molar-refractivity contribution in [3.63, 3.8) is 0 Å². The van der Waals surface area contributed by atoms with Gasteiger partial charge < -0.3 is 5.32 Å². The minimum Gasteiger partial charge on any atom is -0.316 e. The van der Waals surface area contributed by atoms with Crippen LogP contribution in [0.4, 0.5) is 8.78 Å². The first kappa shape index (κ1) is 12.9. The van der Waals surface area contributed by atoms with Gasteiger partial charge in [-0.25, -0.2) is 14.3 Å². The van der Waals surface area contributed by atoms with Gasteiger partial charge in [0.25, 0.3) is 5.91 Å². The second kappa shape index (κ2) is 5.88. The van der Waals surface area contributed by atoms with Gasteiger partial charge in [0.1, 0.15) is 0 Å². The normalized spacial score (nSPS) is 18.9. The first-order valence-corrected chi connectivity index (χ1v) is 5.74. The molecule has 1 amide bonds. The SMILES string of the molecule is O=C(NOCC1CCNC1)c1ccc(F)c(F)c1. The molecule has 1 aromatic rings. The van der Waals surface area contributed by atoms with Crippen molar-refractivity contribution in [2.75, 3.05) is 19.7 Å². The lowest BCUT2D eigenvalue weighted by molar-refractivity contribution is 0.0187. The predicted octanol–water partition coefficient (Wildman–Crippen LogP) is 1.24. The summed E-state index contributed by atoms with van der Waals surface area (Å²) in [6.07, 6.45) is 1.00. The van der Waals surface area contributed by atoms with E-state index in [9.17, 15) is 13.6 Å².